The topological polar surface area (TPSA) is 81.1 Å². The van der Waals surface area contributed by atoms with Crippen LogP contribution in [0.2, 0.25) is 0 Å². The maximum absolute atomic E-state index is 5.79. The molecule has 4 rings (SSSR count). The Bertz CT molecular complexity index is 975. The number of nitrogens with one attached hydrogen (secondary N) is 1. The van der Waals surface area contributed by atoms with Crippen LogP contribution in [0.3, 0.4) is 0 Å². The predicted molar refractivity (Wildman–Crippen MR) is 90.4 cm³/mol. The van der Waals surface area contributed by atoms with Crippen molar-refractivity contribution in [1.82, 2.24) is 19.6 Å². The molecule has 4 aromatic rings. The summed E-state index contributed by atoms with van der Waals surface area (Å²) in [7, 11) is 0. The molecular formula is C17H14N6. The number of hydrogen-bond donors (Lipinski definition) is 2. The highest BCUT2D eigenvalue weighted by atomic mass is 15.2. The van der Waals surface area contributed by atoms with Crippen LogP contribution >= 0.6 is 0 Å². The number of fused-ring (bicyclic) bond motifs is 1. The van der Waals surface area contributed by atoms with Crippen LogP contribution < -0.4 is 11.1 Å². The summed E-state index contributed by atoms with van der Waals surface area (Å²) in [6.45, 7) is 0. The molecule has 6 nitrogen and oxygen atoms in total. The van der Waals surface area contributed by atoms with Crippen LogP contribution in [0.1, 0.15) is 0 Å². The third-order valence-corrected chi connectivity index (χ3v) is 3.50. The largest absolute Gasteiger partial charge is 0.399 e. The van der Waals surface area contributed by atoms with E-state index >= 15 is 0 Å². The number of anilines is 3. The molecule has 3 heterocycles. The number of nitrogen functional groups attached to an aromatic ring is 1. The van der Waals surface area contributed by atoms with Crippen molar-refractivity contribution < 1.29 is 0 Å². The van der Waals surface area contributed by atoms with E-state index in [2.05, 4.69) is 20.4 Å². The molecule has 112 valence electrons. The minimum absolute atomic E-state index is 0.517. The maximum atomic E-state index is 5.79. The van der Waals surface area contributed by atoms with Crippen LogP contribution in [-0.4, -0.2) is 19.6 Å². The summed E-state index contributed by atoms with van der Waals surface area (Å²) < 4.78 is 1.82. The van der Waals surface area contributed by atoms with Crippen molar-refractivity contribution in [2.75, 3.05) is 11.1 Å². The Morgan fingerprint density at radius 3 is 2.91 bits per heavy atom. The summed E-state index contributed by atoms with van der Waals surface area (Å²) in [6.07, 6.45) is 5.44. The second-order valence-corrected chi connectivity index (χ2v) is 5.10. The zero-order valence-electron chi connectivity index (χ0n) is 12.2. The summed E-state index contributed by atoms with van der Waals surface area (Å²) in [5.74, 6) is 0.517. The lowest BCUT2D eigenvalue weighted by Gasteiger charge is -2.06. The number of nitrogens with zero attached hydrogens (tertiary/aromatic N) is 4. The van der Waals surface area contributed by atoms with Gasteiger partial charge in [-0.3, -0.25) is 0 Å². The molecular weight excluding hydrogens is 288 g/mol. The van der Waals surface area contributed by atoms with Crippen molar-refractivity contribution >= 4 is 22.8 Å². The third kappa shape index (κ3) is 2.57. The van der Waals surface area contributed by atoms with E-state index in [0.717, 1.165) is 22.5 Å². The lowest BCUT2D eigenvalue weighted by atomic mass is 10.2. The SMILES string of the molecule is Nc1cccc(Nc2nccc(-c3cnn4ccccc34)n2)c1. The average Bonchev–Trinajstić information content (AvgIpc) is 2.99. The van der Waals surface area contributed by atoms with E-state index in [4.69, 9.17) is 5.73 Å². The van der Waals surface area contributed by atoms with Crippen LogP contribution in [-0.2, 0) is 0 Å². The Kier molecular flexibility index (Phi) is 3.12. The van der Waals surface area contributed by atoms with E-state index in [1.165, 1.54) is 0 Å². The minimum Gasteiger partial charge on any atom is -0.399 e. The van der Waals surface area contributed by atoms with Gasteiger partial charge in [0.05, 0.1) is 17.4 Å². The van der Waals surface area contributed by atoms with Crippen LogP contribution in [0.4, 0.5) is 17.3 Å². The Hall–Kier alpha value is -3.41. The van der Waals surface area contributed by atoms with E-state index < -0.39 is 0 Å². The molecule has 0 fully saturated rings. The zero-order valence-corrected chi connectivity index (χ0v) is 12.2. The fourth-order valence-electron chi connectivity index (χ4n) is 2.45. The molecule has 1 aromatic carbocycles. The van der Waals surface area contributed by atoms with Crippen molar-refractivity contribution in [3.63, 3.8) is 0 Å². The molecule has 0 amide bonds. The van der Waals surface area contributed by atoms with Crippen LogP contribution in [0, 0.1) is 0 Å². The standard InChI is InChI=1S/C17H14N6/c18-12-4-3-5-13(10-12)21-17-19-8-7-15(22-17)14-11-20-23-9-2-1-6-16(14)23/h1-11H,18H2,(H,19,21,22). The first-order chi connectivity index (χ1) is 11.3. The molecule has 0 bridgehead atoms. The van der Waals surface area contributed by atoms with E-state index in [9.17, 15) is 0 Å². The maximum Gasteiger partial charge on any atom is 0.227 e. The van der Waals surface area contributed by atoms with Crippen LogP contribution in [0.5, 0.6) is 0 Å². The van der Waals surface area contributed by atoms with Gasteiger partial charge in [-0.25, -0.2) is 14.5 Å². The summed E-state index contributed by atoms with van der Waals surface area (Å²) in [5, 5.41) is 7.51. The first-order valence-electron chi connectivity index (χ1n) is 7.18. The number of benzene rings is 1. The van der Waals surface area contributed by atoms with Gasteiger partial charge in [0.15, 0.2) is 0 Å². The Balaban J connectivity index is 1.71. The number of hydrogen-bond acceptors (Lipinski definition) is 5. The van der Waals surface area contributed by atoms with Gasteiger partial charge in [0.25, 0.3) is 0 Å². The molecule has 0 atom stereocenters. The number of pyridine rings is 1. The molecule has 0 aliphatic heterocycles. The third-order valence-electron chi connectivity index (χ3n) is 3.50. The molecule has 0 unspecified atom stereocenters. The molecule has 0 saturated carbocycles. The fraction of sp³-hybridized carbons (Fsp3) is 0. The Labute approximate surface area is 132 Å². The van der Waals surface area contributed by atoms with Gasteiger partial charge in [0.1, 0.15) is 0 Å². The lowest BCUT2D eigenvalue weighted by molar-refractivity contribution is 0.961. The van der Waals surface area contributed by atoms with Gasteiger partial charge in [-0.15, -0.1) is 0 Å². The second kappa shape index (κ2) is 5.42. The van der Waals surface area contributed by atoms with Crippen molar-refractivity contribution in [2.45, 2.75) is 0 Å². The number of nitrogens with two attached hydrogens (primary N) is 1. The van der Waals surface area contributed by atoms with Gasteiger partial charge >= 0.3 is 0 Å². The van der Waals surface area contributed by atoms with Crippen molar-refractivity contribution in [1.29, 1.82) is 0 Å². The summed E-state index contributed by atoms with van der Waals surface area (Å²) in [4.78, 5) is 8.84. The van der Waals surface area contributed by atoms with E-state index in [0.29, 0.717) is 11.6 Å². The monoisotopic (exact) mass is 302 g/mol. The number of rotatable bonds is 3. The van der Waals surface area contributed by atoms with Gasteiger partial charge in [-0.1, -0.05) is 12.1 Å². The highest BCUT2D eigenvalue weighted by molar-refractivity contribution is 5.78. The smallest absolute Gasteiger partial charge is 0.227 e. The first-order valence-corrected chi connectivity index (χ1v) is 7.18. The molecule has 6 heteroatoms. The Morgan fingerprint density at radius 1 is 1.04 bits per heavy atom. The van der Waals surface area contributed by atoms with E-state index in [1.807, 2.05) is 65.4 Å². The quantitative estimate of drug-likeness (QED) is 0.568. The molecule has 0 saturated heterocycles. The molecule has 0 aliphatic rings. The Morgan fingerprint density at radius 2 is 2.00 bits per heavy atom. The van der Waals surface area contributed by atoms with Gasteiger partial charge in [0, 0.05) is 29.3 Å². The summed E-state index contributed by atoms with van der Waals surface area (Å²) in [5.41, 5.74) is 10.1. The highest BCUT2D eigenvalue weighted by Crippen LogP contribution is 2.24. The van der Waals surface area contributed by atoms with Crippen molar-refractivity contribution in [2.24, 2.45) is 0 Å². The van der Waals surface area contributed by atoms with Gasteiger partial charge in [0.2, 0.25) is 5.95 Å². The molecule has 3 N–H and O–H groups in total. The van der Waals surface area contributed by atoms with Gasteiger partial charge in [-0.2, -0.15) is 5.10 Å². The van der Waals surface area contributed by atoms with Crippen molar-refractivity contribution in [3.05, 3.63) is 67.1 Å². The summed E-state index contributed by atoms with van der Waals surface area (Å²) >= 11 is 0. The van der Waals surface area contributed by atoms with E-state index in [-0.39, 0.29) is 0 Å². The zero-order chi connectivity index (χ0) is 15.6. The molecule has 0 spiro atoms. The van der Waals surface area contributed by atoms with Gasteiger partial charge < -0.3 is 11.1 Å². The molecule has 0 radical (unpaired) electrons. The minimum atomic E-state index is 0.517. The lowest BCUT2D eigenvalue weighted by Crippen LogP contribution is -1.98. The molecule has 0 aliphatic carbocycles. The van der Waals surface area contributed by atoms with Gasteiger partial charge in [-0.05, 0) is 36.4 Å². The molecule has 23 heavy (non-hydrogen) atoms. The van der Waals surface area contributed by atoms with Crippen LogP contribution in [0.15, 0.2) is 67.1 Å². The van der Waals surface area contributed by atoms with E-state index in [1.54, 1.807) is 6.20 Å². The van der Waals surface area contributed by atoms with Crippen LogP contribution in [0.25, 0.3) is 16.8 Å². The highest BCUT2D eigenvalue weighted by Gasteiger charge is 2.08. The first kappa shape index (κ1) is 13.3. The fourth-order valence-corrected chi connectivity index (χ4v) is 2.45. The second-order valence-electron chi connectivity index (χ2n) is 5.10. The van der Waals surface area contributed by atoms with Crippen molar-refractivity contribution in [3.8, 4) is 11.3 Å². The summed E-state index contributed by atoms with van der Waals surface area (Å²) in [6, 6.07) is 15.3. The number of aromatic nitrogens is 4. The average molecular weight is 302 g/mol. The normalized spacial score (nSPS) is 10.8. The predicted octanol–water partition coefficient (Wildman–Crippen LogP) is 3.12. The molecule has 3 aromatic heterocycles.